The highest BCUT2D eigenvalue weighted by molar-refractivity contribution is 14.1. The van der Waals surface area contributed by atoms with Crippen LogP contribution in [0.2, 0.25) is 5.15 Å². The Balaban J connectivity index is 2.07. The van der Waals surface area contributed by atoms with E-state index in [-0.39, 0.29) is 6.04 Å². The SMILES string of the molecule is CC(C)(C)OC(=O)N[C@H]1C[C@H](O)CN(c2cc(Cl)ncc2I)C1. The van der Waals surface area contributed by atoms with Crippen LogP contribution in [0.4, 0.5) is 10.5 Å². The number of amides is 1. The van der Waals surface area contributed by atoms with Crippen LogP contribution in [0.25, 0.3) is 0 Å². The van der Waals surface area contributed by atoms with E-state index in [0.717, 1.165) is 9.26 Å². The van der Waals surface area contributed by atoms with Crippen molar-refractivity contribution in [3.63, 3.8) is 0 Å². The molecule has 0 aliphatic carbocycles. The summed E-state index contributed by atoms with van der Waals surface area (Å²) >= 11 is 8.15. The Morgan fingerprint density at radius 2 is 2.22 bits per heavy atom. The highest BCUT2D eigenvalue weighted by Gasteiger charge is 2.29. The molecule has 2 N–H and O–H groups in total. The smallest absolute Gasteiger partial charge is 0.407 e. The number of rotatable bonds is 2. The van der Waals surface area contributed by atoms with Crippen molar-refractivity contribution < 1.29 is 14.6 Å². The number of pyridine rings is 1. The summed E-state index contributed by atoms with van der Waals surface area (Å²) in [5, 5.41) is 13.4. The van der Waals surface area contributed by atoms with Gasteiger partial charge in [-0.1, -0.05) is 11.6 Å². The van der Waals surface area contributed by atoms with Crippen molar-refractivity contribution in [2.24, 2.45) is 0 Å². The van der Waals surface area contributed by atoms with E-state index in [1.165, 1.54) is 0 Å². The fraction of sp³-hybridized carbons (Fsp3) is 0.600. The van der Waals surface area contributed by atoms with Gasteiger partial charge < -0.3 is 20.1 Å². The predicted molar refractivity (Wildman–Crippen MR) is 98.0 cm³/mol. The summed E-state index contributed by atoms with van der Waals surface area (Å²) in [6.07, 6.45) is 1.17. The standard InChI is InChI=1S/C15H21ClIN3O3/c1-15(2,3)23-14(22)19-9-4-10(21)8-20(7-9)12-5-13(16)18-6-11(12)17/h5-6,9-10,21H,4,7-8H2,1-3H3,(H,19,22)/t9-,10-/m0/s1. The first-order valence-electron chi connectivity index (χ1n) is 7.37. The third-order valence-electron chi connectivity index (χ3n) is 3.29. The molecule has 1 aliphatic heterocycles. The van der Waals surface area contributed by atoms with Crippen molar-refractivity contribution in [3.8, 4) is 0 Å². The zero-order chi connectivity index (χ0) is 17.2. The van der Waals surface area contributed by atoms with Crippen LogP contribution >= 0.6 is 34.2 Å². The molecule has 1 amide bonds. The first-order valence-corrected chi connectivity index (χ1v) is 8.83. The monoisotopic (exact) mass is 453 g/mol. The number of anilines is 1. The fourth-order valence-corrected chi connectivity index (χ4v) is 3.28. The summed E-state index contributed by atoms with van der Waals surface area (Å²) in [6.45, 7) is 6.51. The molecule has 2 atom stereocenters. The molecule has 0 spiro atoms. The second-order valence-electron chi connectivity index (χ2n) is 6.60. The van der Waals surface area contributed by atoms with Gasteiger partial charge in [0.2, 0.25) is 0 Å². The predicted octanol–water partition coefficient (Wildman–Crippen LogP) is 2.80. The number of β-amino-alcohol motifs (C(OH)–C–C–N with tert-alkyl or cyclic N) is 1. The van der Waals surface area contributed by atoms with E-state index < -0.39 is 17.8 Å². The number of aliphatic hydroxyl groups is 1. The average Bonchev–Trinajstić information content (AvgIpc) is 2.38. The van der Waals surface area contributed by atoms with Gasteiger partial charge in [-0.25, -0.2) is 9.78 Å². The summed E-state index contributed by atoms with van der Waals surface area (Å²) in [5.74, 6) is 0. The number of carbonyl (C=O) groups is 1. The van der Waals surface area contributed by atoms with Gasteiger partial charge >= 0.3 is 6.09 Å². The van der Waals surface area contributed by atoms with Gasteiger partial charge in [0, 0.05) is 19.3 Å². The lowest BCUT2D eigenvalue weighted by atomic mass is 10.0. The lowest BCUT2D eigenvalue weighted by Crippen LogP contribution is -2.53. The summed E-state index contributed by atoms with van der Waals surface area (Å²) in [5.41, 5.74) is 0.353. The summed E-state index contributed by atoms with van der Waals surface area (Å²) in [6, 6.07) is 1.57. The molecule has 1 aromatic heterocycles. The van der Waals surface area contributed by atoms with Crippen molar-refractivity contribution in [1.82, 2.24) is 10.3 Å². The summed E-state index contributed by atoms with van der Waals surface area (Å²) in [4.78, 5) is 18.0. The quantitative estimate of drug-likeness (QED) is 0.532. The second kappa shape index (κ2) is 7.40. The van der Waals surface area contributed by atoms with Crippen LogP contribution in [0.3, 0.4) is 0 Å². The maximum absolute atomic E-state index is 11.9. The molecule has 0 aromatic carbocycles. The number of ether oxygens (including phenoxy) is 1. The highest BCUT2D eigenvalue weighted by Crippen LogP contribution is 2.27. The number of aliphatic hydroxyl groups excluding tert-OH is 1. The number of hydrogen-bond acceptors (Lipinski definition) is 5. The molecule has 23 heavy (non-hydrogen) atoms. The van der Waals surface area contributed by atoms with Gasteiger partial charge in [0.05, 0.1) is 21.4 Å². The number of piperidine rings is 1. The molecular formula is C15H21ClIN3O3. The molecule has 1 aromatic rings. The van der Waals surface area contributed by atoms with E-state index in [4.69, 9.17) is 16.3 Å². The molecule has 2 rings (SSSR count). The molecule has 6 nitrogen and oxygen atoms in total. The minimum atomic E-state index is -0.551. The third kappa shape index (κ3) is 5.65. The second-order valence-corrected chi connectivity index (χ2v) is 8.15. The average molecular weight is 454 g/mol. The molecule has 1 fully saturated rings. The van der Waals surface area contributed by atoms with Crippen molar-refractivity contribution >= 4 is 46.0 Å². The first kappa shape index (κ1) is 18.5. The van der Waals surface area contributed by atoms with Crippen LogP contribution in [0.5, 0.6) is 0 Å². The number of nitrogens with one attached hydrogen (secondary N) is 1. The maximum Gasteiger partial charge on any atom is 0.407 e. The van der Waals surface area contributed by atoms with E-state index in [9.17, 15) is 9.90 Å². The van der Waals surface area contributed by atoms with Crippen LogP contribution in [0.1, 0.15) is 27.2 Å². The third-order valence-corrected chi connectivity index (χ3v) is 4.33. The lowest BCUT2D eigenvalue weighted by Gasteiger charge is -2.38. The first-order chi connectivity index (χ1) is 10.6. The normalized spacial score (nSPS) is 21.9. The molecule has 0 bridgehead atoms. The Kier molecular flexibility index (Phi) is 5.96. The van der Waals surface area contributed by atoms with Crippen molar-refractivity contribution in [2.45, 2.75) is 44.9 Å². The summed E-state index contributed by atoms with van der Waals surface area (Å²) in [7, 11) is 0. The Bertz CT molecular complexity index is 580. The number of alkyl carbamates (subject to hydrolysis) is 1. The van der Waals surface area contributed by atoms with Crippen LogP contribution in [0.15, 0.2) is 12.3 Å². The molecule has 0 radical (unpaired) electrons. The maximum atomic E-state index is 11.9. The van der Waals surface area contributed by atoms with Gasteiger partial charge in [-0.2, -0.15) is 0 Å². The Labute approximate surface area is 154 Å². The molecule has 0 unspecified atom stereocenters. The van der Waals surface area contributed by atoms with E-state index in [1.54, 1.807) is 12.3 Å². The largest absolute Gasteiger partial charge is 0.444 e. The van der Waals surface area contributed by atoms with E-state index >= 15 is 0 Å². The Morgan fingerprint density at radius 1 is 1.52 bits per heavy atom. The number of carbonyl (C=O) groups excluding carboxylic acids is 1. The number of aromatic nitrogens is 1. The highest BCUT2D eigenvalue weighted by atomic mass is 127. The molecule has 8 heteroatoms. The fourth-order valence-electron chi connectivity index (χ4n) is 2.49. The van der Waals surface area contributed by atoms with Crippen LogP contribution in [0, 0.1) is 3.57 Å². The molecule has 2 heterocycles. The Hall–Kier alpha value is -0.800. The topological polar surface area (TPSA) is 74.7 Å². The number of nitrogens with zero attached hydrogens (tertiary/aromatic N) is 2. The van der Waals surface area contributed by atoms with Gasteiger partial charge in [0.1, 0.15) is 10.8 Å². The van der Waals surface area contributed by atoms with E-state index in [1.807, 2.05) is 25.7 Å². The van der Waals surface area contributed by atoms with Gasteiger partial charge in [-0.3, -0.25) is 0 Å². The minimum absolute atomic E-state index is 0.198. The van der Waals surface area contributed by atoms with E-state index in [0.29, 0.717) is 24.7 Å². The molecule has 128 valence electrons. The van der Waals surface area contributed by atoms with Crippen LogP contribution in [-0.2, 0) is 4.74 Å². The van der Waals surface area contributed by atoms with E-state index in [2.05, 4.69) is 32.9 Å². The number of hydrogen-bond donors (Lipinski definition) is 2. The zero-order valence-corrected chi connectivity index (χ0v) is 16.3. The molecule has 1 saturated heterocycles. The Morgan fingerprint density at radius 3 is 2.87 bits per heavy atom. The van der Waals surface area contributed by atoms with Crippen molar-refractivity contribution in [2.75, 3.05) is 18.0 Å². The van der Waals surface area contributed by atoms with Crippen molar-refractivity contribution in [1.29, 1.82) is 0 Å². The lowest BCUT2D eigenvalue weighted by molar-refractivity contribution is 0.0474. The number of halogens is 2. The zero-order valence-electron chi connectivity index (χ0n) is 13.3. The van der Waals surface area contributed by atoms with Gasteiger partial charge in [-0.05, 0) is 55.8 Å². The molecule has 0 saturated carbocycles. The van der Waals surface area contributed by atoms with Gasteiger partial charge in [-0.15, -0.1) is 0 Å². The van der Waals surface area contributed by atoms with Crippen LogP contribution < -0.4 is 10.2 Å². The van der Waals surface area contributed by atoms with Crippen molar-refractivity contribution in [3.05, 3.63) is 21.0 Å². The van der Waals surface area contributed by atoms with Gasteiger partial charge in [0.25, 0.3) is 0 Å². The molecular weight excluding hydrogens is 433 g/mol. The van der Waals surface area contributed by atoms with Crippen LogP contribution in [-0.4, -0.2) is 47.0 Å². The minimum Gasteiger partial charge on any atom is -0.444 e. The molecule has 1 aliphatic rings. The summed E-state index contributed by atoms with van der Waals surface area (Å²) < 4.78 is 6.22. The van der Waals surface area contributed by atoms with Gasteiger partial charge in [0.15, 0.2) is 0 Å².